The van der Waals surface area contributed by atoms with Crippen molar-refractivity contribution in [3.8, 4) is 0 Å². The van der Waals surface area contributed by atoms with Gasteiger partial charge in [0.25, 0.3) is 0 Å². The average Bonchev–Trinajstić information content (AvgIpc) is 2.26. The number of nitrogens with two attached hydrogens (primary N) is 1. The summed E-state index contributed by atoms with van der Waals surface area (Å²) >= 11 is 9.30. The van der Waals surface area contributed by atoms with E-state index in [4.69, 9.17) is 17.3 Å². The molecule has 0 saturated carbocycles. The molecule has 0 amide bonds. The summed E-state index contributed by atoms with van der Waals surface area (Å²) in [7, 11) is 0. The highest BCUT2D eigenvalue weighted by atomic mass is 79.9. The molecule has 0 radical (unpaired) electrons. The highest BCUT2D eigenvalue weighted by Gasteiger charge is 2.07. The summed E-state index contributed by atoms with van der Waals surface area (Å²) in [6.07, 6.45) is 0. The molecule has 88 valence electrons. The van der Waals surface area contributed by atoms with Crippen molar-refractivity contribution in [2.24, 2.45) is 0 Å². The van der Waals surface area contributed by atoms with Crippen LogP contribution in [0.4, 0.5) is 21.5 Å². The Bertz CT molecular complexity index is 540. The van der Waals surface area contributed by atoms with Crippen LogP contribution in [-0.2, 0) is 0 Å². The van der Waals surface area contributed by atoms with Crippen molar-refractivity contribution >= 4 is 44.6 Å². The van der Waals surface area contributed by atoms with Crippen molar-refractivity contribution in [2.75, 3.05) is 11.1 Å². The lowest BCUT2D eigenvalue weighted by Gasteiger charge is -2.12. The number of hydrogen-bond acceptors (Lipinski definition) is 2. The number of nitrogen functional groups attached to an aromatic ring is 1. The van der Waals surface area contributed by atoms with Crippen LogP contribution in [0.15, 0.2) is 40.9 Å². The molecule has 5 heteroatoms. The van der Waals surface area contributed by atoms with Crippen LogP contribution in [0, 0.1) is 5.82 Å². The van der Waals surface area contributed by atoms with Crippen LogP contribution in [0.2, 0.25) is 5.02 Å². The quantitative estimate of drug-likeness (QED) is 0.797. The van der Waals surface area contributed by atoms with Gasteiger partial charge in [-0.2, -0.15) is 0 Å². The summed E-state index contributed by atoms with van der Waals surface area (Å²) < 4.78 is 13.5. The van der Waals surface area contributed by atoms with E-state index in [1.165, 1.54) is 12.1 Å². The molecule has 2 rings (SSSR count). The number of para-hydroxylation sites is 1. The maximum atomic E-state index is 12.9. The first-order valence-corrected chi connectivity index (χ1v) is 6.01. The van der Waals surface area contributed by atoms with Gasteiger partial charge in [-0.25, -0.2) is 4.39 Å². The van der Waals surface area contributed by atoms with Gasteiger partial charge in [0.2, 0.25) is 0 Å². The van der Waals surface area contributed by atoms with Crippen molar-refractivity contribution in [3.05, 3.63) is 51.7 Å². The van der Waals surface area contributed by atoms with Gasteiger partial charge in [-0.05, 0) is 46.3 Å². The van der Waals surface area contributed by atoms with E-state index in [9.17, 15) is 4.39 Å². The lowest BCUT2D eigenvalue weighted by Crippen LogP contribution is -1.97. The predicted molar refractivity (Wildman–Crippen MR) is 73.2 cm³/mol. The summed E-state index contributed by atoms with van der Waals surface area (Å²) in [4.78, 5) is 0. The van der Waals surface area contributed by atoms with Crippen LogP contribution < -0.4 is 11.1 Å². The van der Waals surface area contributed by atoms with Gasteiger partial charge < -0.3 is 11.1 Å². The molecule has 0 aliphatic carbocycles. The number of nitrogens with one attached hydrogen (secondary N) is 1. The summed E-state index contributed by atoms with van der Waals surface area (Å²) in [5.74, 6) is -0.311. The minimum atomic E-state index is -0.311. The predicted octanol–water partition coefficient (Wildman–Crippen LogP) is 4.57. The molecule has 3 N–H and O–H groups in total. The van der Waals surface area contributed by atoms with Crippen molar-refractivity contribution in [2.45, 2.75) is 0 Å². The van der Waals surface area contributed by atoms with Gasteiger partial charge in [-0.15, -0.1) is 0 Å². The molecule has 0 unspecified atom stereocenters. The SMILES string of the molecule is Nc1cccc(Cl)c1Nc1ccc(F)cc1Br. The summed E-state index contributed by atoms with van der Waals surface area (Å²) in [5, 5.41) is 3.58. The van der Waals surface area contributed by atoms with Gasteiger partial charge in [0, 0.05) is 4.47 Å². The first-order chi connectivity index (χ1) is 8.08. The van der Waals surface area contributed by atoms with E-state index in [1.54, 1.807) is 24.3 Å². The molecule has 0 spiro atoms. The Morgan fingerprint density at radius 1 is 1.24 bits per heavy atom. The zero-order chi connectivity index (χ0) is 12.4. The van der Waals surface area contributed by atoms with E-state index < -0.39 is 0 Å². The third-order valence-corrected chi connectivity index (χ3v) is 3.21. The summed E-state index contributed by atoms with van der Waals surface area (Å²) in [6.45, 7) is 0. The lowest BCUT2D eigenvalue weighted by atomic mass is 10.2. The normalized spacial score (nSPS) is 10.3. The minimum absolute atomic E-state index is 0.311. The van der Waals surface area contributed by atoms with Crippen molar-refractivity contribution < 1.29 is 4.39 Å². The number of benzene rings is 2. The second-order valence-electron chi connectivity index (χ2n) is 3.45. The van der Waals surface area contributed by atoms with Crippen LogP contribution in [0.25, 0.3) is 0 Å². The molecule has 0 bridgehead atoms. The van der Waals surface area contributed by atoms with Crippen molar-refractivity contribution in [1.82, 2.24) is 0 Å². The molecule has 0 atom stereocenters. The van der Waals surface area contributed by atoms with Gasteiger partial charge in [0.1, 0.15) is 5.82 Å². The van der Waals surface area contributed by atoms with Crippen LogP contribution >= 0.6 is 27.5 Å². The third kappa shape index (κ3) is 2.70. The van der Waals surface area contributed by atoms with E-state index in [2.05, 4.69) is 21.2 Å². The van der Waals surface area contributed by atoms with Crippen LogP contribution in [0.5, 0.6) is 0 Å². The van der Waals surface area contributed by atoms with Crippen molar-refractivity contribution in [1.29, 1.82) is 0 Å². The molecule has 0 fully saturated rings. The lowest BCUT2D eigenvalue weighted by molar-refractivity contribution is 0.627. The molecule has 0 aromatic heterocycles. The Hall–Kier alpha value is -1.26. The molecule has 2 aromatic carbocycles. The zero-order valence-corrected chi connectivity index (χ0v) is 11.0. The molecule has 2 aromatic rings. The van der Waals surface area contributed by atoms with Crippen LogP contribution in [0.3, 0.4) is 0 Å². The maximum absolute atomic E-state index is 12.9. The average molecular weight is 316 g/mol. The molecular weight excluding hydrogens is 307 g/mol. The molecule has 0 aliphatic rings. The second kappa shape index (κ2) is 4.94. The fourth-order valence-electron chi connectivity index (χ4n) is 1.40. The zero-order valence-electron chi connectivity index (χ0n) is 8.68. The highest BCUT2D eigenvalue weighted by molar-refractivity contribution is 9.10. The van der Waals surface area contributed by atoms with Crippen LogP contribution in [-0.4, -0.2) is 0 Å². The van der Waals surface area contributed by atoms with E-state index in [0.717, 1.165) is 0 Å². The number of rotatable bonds is 2. The number of halogens is 3. The fraction of sp³-hybridized carbons (Fsp3) is 0. The third-order valence-electron chi connectivity index (χ3n) is 2.24. The molecule has 2 nitrogen and oxygen atoms in total. The van der Waals surface area contributed by atoms with Gasteiger partial charge >= 0.3 is 0 Å². The fourth-order valence-corrected chi connectivity index (χ4v) is 2.08. The second-order valence-corrected chi connectivity index (χ2v) is 4.71. The topological polar surface area (TPSA) is 38.0 Å². The first kappa shape index (κ1) is 12.2. The smallest absolute Gasteiger partial charge is 0.124 e. The number of hydrogen-bond donors (Lipinski definition) is 2. The summed E-state index contributed by atoms with van der Waals surface area (Å²) in [5.41, 5.74) is 7.66. The standard InChI is InChI=1S/C12H9BrClFN2/c13-8-6-7(15)4-5-11(8)17-12-9(14)2-1-3-10(12)16/h1-6,17H,16H2. The molecule has 0 aliphatic heterocycles. The van der Waals surface area contributed by atoms with Gasteiger partial charge in [0.15, 0.2) is 0 Å². The first-order valence-electron chi connectivity index (χ1n) is 4.84. The maximum Gasteiger partial charge on any atom is 0.124 e. The Morgan fingerprint density at radius 2 is 2.00 bits per heavy atom. The highest BCUT2D eigenvalue weighted by Crippen LogP contribution is 2.33. The molecule has 0 saturated heterocycles. The van der Waals surface area contributed by atoms with Gasteiger partial charge in [-0.3, -0.25) is 0 Å². The molecular formula is C12H9BrClFN2. The Kier molecular flexibility index (Phi) is 3.54. The van der Waals surface area contributed by atoms with Gasteiger partial charge in [-0.1, -0.05) is 17.7 Å². The van der Waals surface area contributed by atoms with E-state index in [0.29, 0.717) is 26.6 Å². The molecule has 17 heavy (non-hydrogen) atoms. The van der Waals surface area contributed by atoms with Gasteiger partial charge in [0.05, 0.1) is 22.1 Å². The largest absolute Gasteiger partial charge is 0.397 e. The minimum Gasteiger partial charge on any atom is -0.397 e. The van der Waals surface area contributed by atoms with E-state index >= 15 is 0 Å². The van der Waals surface area contributed by atoms with Crippen molar-refractivity contribution in [3.63, 3.8) is 0 Å². The Labute approximate surface area is 112 Å². The Morgan fingerprint density at radius 3 is 2.65 bits per heavy atom. The molecule has 0 heterocycles. The number of anilines is 3. The monoisotopic (exact) mass is 314 g/mol. The van der Waals surface area contributed by atoms with Crippen LogP contribution in [0.1, 0.15) is 0 Å². The summed E-state index contributed by atoms with van der Waals surface area (Å²) in [6, 6.07) is 9.59. The van der Waals surface area contributed by atoms with E-state index in [1.807, 2.05) is 0 Å². The Balaban J connectivity index is 2.38. The van der Waals surface area contributed by atoms with E-state index in [-0.39, 0.29) is 5.82 Å².